The minimum Gasteiger partial charge on any atom is -0.508 e. The quantitative estimate of drug-likeness (QED) is 0.696. The number of phenolic OH excluding ortho intramolecular Hbond substituents is 1. The molecule has 1 atom stereocenters. The van der Waals surface area contributed by atoms with Crippen molar-refractivity contribution in [2.75, 3.05) is 31.1 Å². The summed E-state index contributed by atoms with van der Waals surface area (Å²) in [6.07, 6.45) is 0. The van der Waals surface area contributed by atoms with Gasteiger partial charge in [-0.2, -0.15) is 0 Å². The summed E-state index contributed by atoms with van der Waals surface area (Å²) in [5, 5.41) is 10.5. The van der Waals surface area contributed by atoms with Crippen molar-refractivity contribution in [1.82, 2.24) is 9.88 Å². The predicted molar refractivity (Wildman–Crippen MR) is 109 cm³/mol. The lowest BCUT2D eigenvalue weighted by Crippen LogP contribution is -2.51. The van der Waals surface area contributed by atoms with Gasteiger partial charge >= 0.3 is 0 Å². The highest BCUT2D eigenvalue weighted by Crippen LogP contribution is 2.25. The van der Waals surface area contributed by atoms with Crippen molar-refractivity contribution in [2.24, 2.45) is 0 Å². The lowest BCUT2D eigenvalue weighted by molar-refractivity contribution is 0.0831. The molecule has 0 spiro atoms. The van der Waals surface area contributed by atoms with Crippen LogP contribution in [0.1, 0.15) is 23.0 Å². The highest BCUT2D eigenvalue weighted by atomic mass is 16.3. The van der Waals surface area contributed by atoms with Crippen LogP contribution in [0.2, 0.25) is 0 Å². The molecule has 2 aromatic carbocycles. The number of para-hydroxylation sites is 1. The number of aryl methyl sites for hydroxylation is 1. The Morgan fingerprint density at radius 2 is 1.70 bits per heavy atom. The van der Waals surface area contributed by atoms with Crippen molar-refractivity contribution in [3.8, 4) is 5.75 Å². The van der Waals surface area contributed by atoms with Gasteiger partial charge in [0.25, 0.3) is 0 Å². The highest BCUT2D eigenvalue weighted by Gasteiger charge is 2.28. The number of aromatic amines is 1. The number of aromatic nitrogens is 1. The number of nitrogens with one attached hydrogen (secondary N) is 1. The number of hydrogen-bond acceptors (Lipinski definition) is 4. The van der Waals surface area contributed by atoms with Gasteiger partial charge in [-0.05, 0) is 44.2 Å². The number of H-pyrrole nitrogens is 1. The van der Waals surface area contributed by atoms with Gasteiger partial charge in [0.1, 0.15) is 5.75 Å². The summed E-state index contributed by atoms with van der Waals surface area (Å²) in [5.41, 5.74) is 3.89. The molecule has 1 saturated heterocycles. The third kappa shape index (κ3) is 3.30. The number of fused-ring (bicyclic) bond motifs is 1. The van der Waals surface area contributed by atoms with E-state index in [1.165, 1.54) is 0 Å². The van der Waals surface area contributed by atoms with Crippen LogP contribution < -0.4 is 4.90 Å². The summed E-state index contributed by atoms with van der Waals surface area (Å²) >= 11 is 0. The van der Waals surface area contributed by atoms with Crippen LogP contribution in [0.25, 0.3) is 10.9 Å². The average molecular weight is 363 g/mol. The number of anilines is 1. The molecule has 5 heteroatoms. The van der Waals surface area contributed by atoms with Gasteiger partial charge in [-0.1, -0.05) is 18.2 Å². The van der Waals surface area contributed by atoms with E-state index < -0.39 is 0 Å². The SMILES string of the molecule is Cc1[nH]c2ccccc2c1C(=O)[C@@H](C)N1CCN(c2ccc(O)cc2)CC1. The minimum absolute atomic E-state index is 0.148. The van der Waals surface area contributed by atoms with E-state index in [1.54, 1.807) is 12.1 Å². The smallest absolute Gasteiger partial charge is 0.182 e. The second kappa shape index (κ2) is 7.08. The van der Waals surface area contributed by atoms with Gasteiger partial charge in [0.05, 0.1) is 6.04 Å². The zero-order valence-corrected chi connectivity index (χ0v) is 15.8. The van der Waals surface area contributed by atoms with Gasteiger partial charge in [0.15, 0.2) is 5.78 Å². The lowest BCUT2D eigenvalue weighted by Gasteiger charge is -2.38. The Kier molecular flexibility index (Phi) is 4.62. The summed E-state index contributed by atoms with van der Waals surface area (Å²) < 4.78 is 0. The average Bonchev–Trinajstić information content (AvgIpc) is 3.03. The van der Waals surface area contributed by atoms with Crippen LogP contribution in [0.5, 0.6) is 5.75 Å². The lowest BCUT2D eigenvalue weighted by atomic mass is 10.0. The molecule has 0 saturated carbocycles. The molecule has 27 heavy (non-hydrogen) atoms. The summed E-state index contributed by atoms with van der Waals surface area (Å²) in [5.74, 6) is 0.466. The molecule has 0 radical (unpaired) electrons. The molecule has 4 rings (SSSR count). The zero-order valence-electron chi connectivity index (χ0n) is 15.8. The first kappa shape index (κ1) is 17.6. The fraction of sp³-hybridized carbons (Fsp3) is 0.318. The molecule has 5 nitrogen and oxygen atoms in total. The fourth-order valence-electron chi connectivity index (χ4n) is 4.00. The van der Waals surface area contributed by atoms with Crippen LogP contribution >= 0.6 is 0 Å². The number of benzene rings is 2. The Labute approximate surface area is 159 Å². The molecule has 1 aromatic heterocycles. The van der Waals surface area contributed by atoms with Crippen LogP contribution in [0.15, 0.2) is 48.5 Å². The third-order valence-corrected chi connectivity index (χ3v) is 5.60. The maximum absolute atomic E-state index is 13.2. The number of phenols is 1. The molecule has 3 aromatic rings. The number of aromatic hydroxyl groups is 1. The fourth-order valence-corrected chi connectivity index (χ4v) is 4.00. The van der Waals surface area contributed by atoms with E-state index in [2.05, 4.69) is 14.8 Å². The van der Waals surface area contributed by atoms with E-state index in [0.29, 0.717) is 0 Å². The summed E-state index contributed by atoms with van der Waals surface area (Å²) in [7, 11) is 0. The maximum atomic E-state index is 13.2. The van der Waals surface area contributed by atoms with Gasteiger partial charge in [-0.25, -0.2) is 0 Å². The van der Waals surface area contributed by atoms with Gasteiger partial charge in [0, 0.05) is 54.0 Å². The van der Waals surface area contributed by atoms with E-state index >= 15 is 0 Å². The Hall–Kier alpha value is -2.79. The molecule has 2 N–H and O–H groups in total. The number of piperazine rings is 1. The molecule has 0 unspecified atom stereocenters. The standard InChI is InChI=1S/C22H25N3O2/c1-15-21(19-5-3-4-6-20(19)23-15)22(27)16(2)24-11-13-25(14-12-24)17-7-9-18(26)10-8-17/h3-10,16,23,26H,11-14H2,1-2H3/t16-/m1/s1. The monoisotopic (exact) mass is 363 g/mol. The van der Waals surface area contributed by atoms with E-state index in [0.717, 1.165) is 54.0 Å². The third-order valence-electron chi connectivity index (χ3n) is 5.60. The summed E-state index contributed by atoms with van der Waals surface area (Å²) in [4.78, 5) is 21.1. The molecule has 1 aliphatic heterocycles. The zero-order chi connectivity index (χ0) is 19.0. The molecular weight excluding hydrogens is 338 g/mol. The number of Topliss-reactive ketones (excluding diaryl/α,β-unsaturated/α-hetero) is 1. The minimum atomic E-state index is -0.148. The first-order chi connectivity index (χ1) is 13.0. The van der Waals surface area contributed by atoms with Crippen molar-refractivity contribution >= 4 is 22.4 Å². The van der Waals surface area contributed by atoms with Crippen LogP contribution in [0, 0.1) is 6.92 Å². The Morgan fingerprint density at radius 3 is 2.41 bits per heavy atom. The Morgan fingerprint density at radius 1 is 1.04 bits per heavy atom. The van der Waals surface area contributed by atoms with Gasteiger partial charge in [-0.3, -0.25) is 9.69 Å². The molecule has 0 bridgehead atoms. The Balaban J connectivity index is 1.47. The van der Waals surface area contributed by atoms with E-state index in [1.807, 2.05) is 50.2 Å². The van der Waals surface area contributed by atoms with Crippen molar-refractivity contribution in [2.45, 2.75) is 19.9 Å². The molecule has 1 aliphatic rings. The number of hydrogen-bond donors (Lipinski definition) is 2. The first-order valence-electron chi connectivity index (χ1n) is 9.44. The molecule has 140 valence electrons. The molecule has 0 aliphatic carbocycles. The highest BCUT2D eigenvalue weighted by molar-refractivity contribution is 6.11. The predicted octanol–water partition coefficient (Wildman–Crippen LogP) is 3.58. The Bertz CT molecular complexity index is 953. The largest absolute Gasteiger partial charge is 0.508 e. The van der Waals surface area contributed by atoms with Gasteiger partial charge in [0.2, 0.25) is 0 Å². The van der Waals surface area contributed by atoms with Crippen molar-refractivity contribution in [3.05, 3.63) is 59.8 Å². The molecule has 0 amide bonds. The second-order valence-corrected chi connectivity index (χ2v) is 7.25. The number of carbonyl (C=O) groups is 1. The number of rotatable bonds is 4. The molecule has 2 heterocycles. The van der Waals surface area contributed by atoms with Gasteiger partial charge < -0.3 is 15.0 Å². The number of carbonyl (C=O) groups excluding carboxylic acids is 1. The number of nitrogens with zero attached hydrogens (tertiary/aromatic N) is 2. The van der Waals surface area contributed by atoms with Crippen LogP contribution in [-0.2, 0) is 0 Å². The second-order valence-electron chi connectivity index (χ2n) is 7.25. The van der Waals surface area contributed by atoms with E-state index in [4.69, 9.17) is 0 Å². The van der Waals surface area contributed by atoms with Crippen molar-refractivity contribution < 1.29 is 9.90 Å². The molecule has 1 fully saturated rings. The van der Waals surface area contributed by atoms with Gasteiger partial charge in [-0.15, -0.1) is 0 Å². The normalized spacial score (nSPS) is 16.6. The van der Waals surface area contributed by atoms with Crippen molar-refractivity contribution in [3.63, 3.8) is 0 Å². The topological polar surface area (TPSA) is 59.6 Å². The summed E-state index contributed by atoms with van der Waals surface area (Å²) in [6, 6.07) is 15.2. The van der Waals surface area contributed by atoms with Crippen LogP contribution in [0.3, 0.4) is 0 Å². The summed E-state index contributed by atoms with van der Waals surface area (Å²) in [6.45, 7) is 7.41. The van der Waals surface area contributed by atoms with Crippen molar-refractivity contribution in [1.29, 1.82) is 0 Å². The van der Waals surface area contributed by atoms with E-state index in [-0.39, 0.29) is 17.6 Å². The van der Waals surface area contributed by atoms with Crippen LogP contribution in [-0.4, -0.2) is 53.0 Å². The molecular formula is C22H25N3O2. The van der Waals surface area contributed by atoms with E-state index in [9.17, 15) is 9.90 Å². The van der Waals surface area contributed by atoms with Crippen LogP contribution in [0.4, 0.5) is 5.69 Å². The first-order valence-corrected chi connectivity index (χ1v) is 9.44. The number of ketones is 1. The maximum Gasteiger partial charge on any atom is 0.182 e.